The number of ether oxygens (including phenoxy) is 1. The quantitative estimate of drug-likeness (QED) is 0.774. The first-order valence-corrected chi connectivity index (χ1v) is 7.11. The minimum Gasteiger partial charge on any atom is -0.497 e. The number of nitrogens with zero attached hydrogens (tertiary/aromatic N) is 2. The number of aryl methyl sites for hydroxylation is 1. The number of anilines is 2. The van der Waals surface area contributed by atoms with Crippen LogP contribution in [0.4, 0.5) is 11.6 Å². The van der Waals surface area contributed by atoms with Crippen LogP contribution in [0.2, 0.25) is 0 Å². The van der Waals surface area contributed by atoms with E-state index in [0.717, 1.165) is 22.6 Å². The van der Waals surface area contributed by atoms with Gasteiger partial charge >= 0.3 is 0 Å². The smallest absolute Gasteiger partial charge is 0.279 e. The van der Waals surface area contributed by atoms with Crippen molar-refractivity contribution in [1.29, 1.82) is 0 Å². The lowest BCUT2D eigenvalue weighted by molar-refractivity contribution is 0.415. The van der Waals surface area contributed by atoms with Crippen LogP contribution in [0.5, 0.6) is 5.75 Å². The molecule has 6 heteroatoms. The third kappa shape index (κ3) is 3.37. The third-order valence-corrected chi connectivity index (χ3v) is 3.37. The number of rotatable bonds is 4. The van der Waals surface area contributed by atoms with Gasteiger partial charge in [-0.2, -0.15) is 0 Å². The molecule has 0 unspecified atom stereocenters. The zero-order valence-corrected chi connectivity index (χ0v) is 12.8. The Balaban J connectivity index is 1.83. The maximum Gasteiger partial charge on any atom is 0.279 e. The van der Waals surface area contributed by atoms with Gasteiger partial charge in [0.25, 0.3) is 5.56 Å². The van der Waals surface area contributed by atoms with Crippen LogP contribution in [-0.2, 0) is 0 Å². The largest absolute Gasteiger partial charge is 0.497 e. The van der Waals surface area contributed by atoms with E-state index >= 15 is 0 Å². The summed E-state index contributed by atoms with van der Waals surface area (Å²) in [6.45, 7) is 1.99. The Kier molecular flexibility index (Phi) is 4.05. The highest BCUT2D eigenvalue weighted by Crippen LogP contribution is 2.18. The van der Waals surface area contributed by atoms with Gasteiger partial charge < -0.3 is 10.1 Å². The Bertz CT molecular complexity index is 855. The summed E-state index contributed by atoms with van der Waals surface area (Å²) in [7, 11) is 1.61. The van der Waals surface area contributed by atoms with Crippen molar-refractivity contribution in [2.24, 2.45) is 0 Å². The van der Waals surface area contributed by atoms with Crippen LogP contribution >= 0.6 is 0 Å². The molecule has 0 aliphatic carbocycles. The van der Waals surface area contributed by atoms with E-state index in [4.69, 9.17) is 4.74 Å². The average molecular weight is 308 g/mol. The van der Waals surface area contributed by atoms with Crippen molar-refractivity contribution in [3.63, 3.8) is 0 Å². The normalized spacial score (nSPS) is 10.3. The highest BCUT2D eigenvalue weighted by molar-refractivity contribution is 5.59. The number of benzene rings is 2. The molecule has 0 saturated heterocycles. The molecule has 2 aromatic carbocycles. The summed E-state index contributed by atoms with van der Waals surface area (Å²) >= 11 is 0. The molecule has 0 saturated carbocycles. The van der Waals surface area contributed by atoms with Crippen molar-refractivity contribution in [2.45, 2.75) is 6.92 Å². The van der Waals surface area contributed by atoms with E-state index < -0.39 is 0 Å². The summed E-state index contributed by atoms with van der Waals surface area (Å²) in [5, 5.41) is 11.1. The van der Waals surface area contributed by atoms with Gasteiger partial charge in [-0.15, -0.1) is 10.2 Å². The molecule has 0 spiro atoms. The number of hydrogen-bond donors (Lipinski definition) is 2. The van der Waals surface area contributed by atoms with Crippen LogP contribution in [0.25, 0.3) is 11.3 Å². The number of aromatic amines is 1. The minimum absolute atomic E-state index is 0.288. The zero-order chi connectivity index (χ0) is 16.2. The average Bonchev–Trinajstić information content (AvgIpc) is 2.57. The summed E-state index contributed by atoms with van der Waals surface area (Å²) in [6.07, 6.45) is 0. The van der Waals surface area contributed by atoms with E-state index in [2.05, 4.69) is 20.5 Å². The highest BCUT2D eigenvalue weighted by atomic mass is 16.5. The van der Waals surface area contributed by atoms with Crippen molar-refractivity contribution in [3.8, 4) is 17.0 Å². The number of H-pyrrole nitrogens is 1. The molecular weight excluding hydrogens is 292 g/mol. The Morgan fingerprint density at radius 2 is 1.70 bits per heavy atom. The Morgan fingerprint density at radius 3 is 2.30 bits per heavy atom. The van der Waals surface area contributed by atoms with Crippen molar-refractivity contribution >= 4 is 11.6 Å². The maximum atomic E-state index is 12.2. The van der Waals surface area contributed by atoms with Crippen molar-refractivity contribution in [3.05, 3.63) is 64.4 Å². The molecule has 1 aromatic heterocycles. The number of hydrogen-bond acceptors (Lipinski definition) is 5. The summed E-state index contributed by atoms with van der Waals surface area (Å²) in [4.78, 5) is 14.9. The van der Waals surface area contributed by atoms with E-state index in [0.29, 0.717) is 5.69 Å². The van der Waals surface area contributed by atoms with Crippen molar-refractivity contribution in [1.82, 2.24) is 15.2 Å². The minimum atomic E-state index is -0.292. The van der Waals surface area contributed by atoms with E-state index in [-0.39, 0.29) is 11.5 Å². The molecule has 0 bridgehead atoms. The van der Waals surface area contributed by atoms with E-state index in [1.807, 2.05) is 55.5 Å². The fourth-order valence-corrected chi connectivity index (χ4v) is 2.10. The zero-order valence-electron chi connectivity index (χ0n) is 12.8. The molecule has 0 amide bonds. The maximum absolute atomic E-state index is 12.2. The fourth-order valence-electron chi connectivity index (χ4n) is 2.10. The van der Waals surface area contributed by atoms with E-state index in [1.165, 1.54) is 0 Å². The lowest BCUT2D eigenvalue weighted by atomic mass is 10.1. The molecule has 0 aliphatic rings. The van der Waals surface area contributed by atoms with Gasteiger partial charge in [-0.05, 0) is 31.2 Å². The van der Waals surface area contributed by atoms with E-state index in [9.17, 15) is 4.79 Å². The second-order valence-corrected chi connectivity index (χ2v) is 5.07. The SMILES string of the molecule is COc1ccc(Nc2nnc(-c3ccc(C)cc3)c(=O)[nH]2)cc1. The fraction of sp³-hybridized carbons (Fsp3) is 0.118. The number of aromatic nitrogens is 3. The Hall–Kier alpha value is -3.15. The molecule has 3 rings (SSSR count). The summed E-state index contributed by atoms with van der Waals surface area (Å²) < 4.78 is 5.10. The molecule has 23 heavy (non-hydrogen) atoms. The van der Waals surface area contributed by atoms with Gasteiger partial charge in [-0.25, -0.2) is 0 Å². The van der Waals surface area contributed by atoms with Crippen molar-refractivity contribution < 1.29 is 4.74 Å². The first kappa shape index (κ1) is 14.8. The van der Waals surface area contributed by atoms with Gasteiger partial charge in [0.05, 0.1) is 7.11 Å². The molecule has 3 aromatic rings. The van der Waals surface area contributed by atoms with Crippen LogP contribution in [0.15, 0.2) is 53.3 Å². The first-order chi connectivity index (χ1) is 11.2. The molecule has 116 valence electrons. The van der Waals surface area contributed by atoms with Crippen molar-refractivity contribution in [2.75, 3.05) is 12.4 Å². The van der Waals surface area contributed by atoms with Crippen LogP contribution in [0.1, 0.15) is 5.56 Å². The lowest BCUT2D eigenvalue weighted by Crippen LogP contribution is -2.15. The summed E-state index contributed by atoms with van der Waals surface area (Å²) in [5.41, 5.74) is 2.64. The number of methoxy groups -OCH3 is 1. The predicted molar refractivity (Wildman–Crippen MR) is 89.1 cm³/mol. The molecule has 6 nitrogen and oxygen atoms in total. The monoisotopic (exact) mass is 308 g/mol. The van der Waals surface area contributed by atoms with Crippen LogP contribution in [0, 0.1) is 6.92 Å². The molecule has 0 fully saturated rings. The van der Waals surface area contributed by atoms with Gasteiger partial charge in [0.15, 0.2) is 5.69 Å². The third-order valence-electron chi connectivity index (χ3n) is 3.37. The summed E-state index contributed by atoms with van der Waals surface area (Å²) in [6, 6.07) is 14.8. The van der Waals surface area contributed by atoms with Crippen LogP contribution in [-0.4, -0.2) is 22.3 Å². The topological polar surface area (TPSA) is 79.9 Å². The van der Waals surface area contributed by atoms with Gasteiger partial charge in [0, 0.05) is 11.3 Å². The standard InChI is InChI=1S/C17H16N4O2/c1-11-3-5-12(6-4-11)15-16(22)19-17(21-20-15)18-13-7-9-14(23-2)10-8-13/h3-10H,1-2H3,(H2,18,19,21,22). The second-order valence-electron chi connectivity index (χ2n) is 5.07. The first-order valence-electron chi connectivity index (χ1n) is 7.11. The van der Waals surface area contributed by atoms with Crippen LogP contribution < -0.4 is 15.6 Å². The molecule has 1 heterocycles. The molecular formula is C17H16N4O2. The highest BCUT2D eigenvalue weighted by Gasteiger charge is 2.07. The Morgan fingerprint density at radius 1 is 1.00 bits per heavy atom. The van der Waals surface area contributed by atoms with Gasteiger partial charge in [-0.3, -0.25) is 9.78 Å². The Labute approximate surface area is 133 Å². The molecule has 2 N–H and O–H groups in total. The molecule has 0 radical (unpaired) electrons. The van der Waals surface area contributed by atoms with Gasteiger partial charge in [0.1, 0.15) is 5.75 Å². The number of nitrogens with one attached hydrogen (secondary N) is 2. The summed E-state index contributed by atoms with van der Waals surface area (Å²) in [5.74, 6) is 1.04. The van der Waals surface area contributed by atoms with E-state index in [1.54, 1.807) is 7.11 Å². The van der Waals surface area contributed by atoms with Crippen LogP contribution in [0.3, 0.4) is 0 Å². The van der Waals surface area contributed by atoms with Gasteiger partial charge in [-0.1, -0.05) is 29.8 Å². The molecule has 0 aliphatic heterocycles. The second kappa shape index (κ2) is 6.31. The lowest BCUT2D eigenvalue weighted by Gasteiger charge is -2.06. The van der Waals surface area contributed by atoms with Gasteiger partial charge in [0.2, 0.25) is 5.95 Å². The molecule has 0 atom stereocenters. The predicted octanol–water partition coefficient (Wildman–Crippen LogP) is 2.89.